The van der Waals surface area contributed by atoms with Crippen molar-refractivity contribution in [2.24, 2.45) is 10.7 Å². The fourth-order valence-electron chi connectivity index (χ4n) is 3.63. The normalized spacial score (nSPS) is 15.9. The van der Waals surface area contributed by atoms with Crippen molar-refractivity contribution in [2.75, 3.05) is 6.54 Å². The Labute approximate surface area is 191 Å². The number of aromatic amines is 1. The number of hydrogen-bond acceptors (Lipinski definition) is 6. The number of hydrogen-bond donors (Lipinski definition) is 2. The van der Waals surface area contributed by atoms with E-state index in [-0.39, 0.29) is 17.3 Å². The minimum atomic E-state index is -0.302. The summed E-state index contributed by atoms with van der Waals surface area (Å²) in [5.74, 6) is 1.80. The zero-order chi connectivity index (χ0) is 22.7. The Bertz CT molecular complexity index is 1140. The molecule has 1 aliphatic rings. The number of pyridine rings is 1. The van der Waals surface area contributed by atoms with Crippen molar-refractivity contribution >= 4 is 33.6 Å². The van der Waals surface area contributed by atoms with Gasteiger partial charge < -0.3 is 20.2 Å². The van der Waals surface area contributed by atoms with Crippen LogP contribution in [-0.4, -0.2) is 38.8 Å². The number of primary amides is 1. The summed E-state index contributed by atoms with van der Waals surface area (Å²) in [5, 5.41) is 1.94. The van der Waals surface area contributed by atoms with E-state index in [9.17, 15) is 4.79 Å². The largest absolute Gasteiger partial charge is 0.488 e. The second-order valence-corrected chi connectivity index (χ2v) is 9.21. The van der Waals surface area contributed by atoms with E-state index in [1.54, 1.807) is 18.0 Å². The highest BCUT2D eigenvalue weighted by Crippen LogP contribution is 2.36. The van der Waals surface area contributed by atoms with E-state index in [0.29, 0.717) is 24.5 Å². The van der Waals surface area contributed by atoms with Crippen LogP contribution in [0.15, 0.2) is 41.5 Å². The topological polar surface area (TPSA) is 103 Å². The minimum absolute atomic E-state index is 0.0853. The van der Waals surface area contributed by atoms with Gasteiger partial charge in [0.15, 0.2) is 0 Å². The molecule has 1 atom stereocenters. The van der Waals surface area contributed by atoms with E-state index >= 15 is 0 Å². The maximum atomic E-state index is 11.3. The Morgan fingerprint density at radius 2 is 2.06 bits per heavy atom. The van der Waals surface area contributed by atoms with Gasteiger partial charge in [0.2, 0.25) is 5.91 Å². The fourth-order valence-corrected chi connectivity index (χ4v) is 4.73. The summed E-state index contributed by atoms with van der Waals surface area (Å²) in [5.41, 5.74) is 8.10. The van der Waals surface area contributed by atoms with Crippen LogP contribution in [0, 0.1) is 6.92 Å². The van der Waals surface area contributed by atoms with Gasteiger partial charge in [0.05, 0.1) is 30.1 Å². The molecule has 1 amide bonds. The molecule has 1 unspecified atom stereocenters. The summed E-state index contributed by atoms with van der Waals surface area (Å²) < 4.78 is 12.4. The predicted octanol–water partition coefficient (Wildman–Crippen LogP) is 4.97. The molecule has 1 aromatic carbocycles. The summed E-state index contributed by atoms with van der Waals surface area (Å²) in [6.07, 6.45) is 3.97. The van der Waals surface area contributed by atoms with Crippen LogP contribution < -0.4 is 15.2 Å². The number of nitrogens with two attached hydrogens (primary N) is 1. The first-order valence-electron chi connectivity index (χ1n) is 10.9. The summed E-state index contributed by atoms with van der Waals surface area (Å²) in [7, 11) is 0. The zero-order valence-electron chi connectivity index (χ0n) is 18.6. The number of fused-ring (bicyclic) bond motifs is 1. The number of nitrogens with zero attached hydrogens (tertiary/aromatic N) is 2. The molecule has 0 bridgehead atoms. The van der Waals surface area contributed by atoms with Gasteiger partial charge in [0.25, 0.3) is 0 Å². The third-order valence-corrected chi connectivity index (χ3v) is 6.59. The van der Waals surface area contributed by atoms with Crippen LogP contribution in [0.4, 0.5) is 0 Å². The number of rotatable bonds is 9. The van der Waals surface area contributed by atoms with Gasteiger partial charge in [-0.1, -0.05) is 25.6 Å². The summed E-state index contributed by atoms with van der Waals surface area (Å²) in [6, 6.07) is 9.77. The van der Waals surface area contributed by atoms with Crippen molar-refractivity contribution in [2.45, 2.75) is 51.4 Å². The molecule has 0 fully saturated rings. The van der Waals surface area contributed by atoms with Gasteiger partial charge in [-0.3, -0.25) is 14.8 Å². The predicted molar refractivity (Wildman–Crippen MR) is 129 cm³/mol. The number of ether oxygens (including phenoxy) is 2. The Morgan fingerprint density at radius 3 is 2.75 bits per heavy atom. The van der Waals surface area contributed by atoms with E-state index in [2.05, 4.69) is 28.8 Å². The molecule has 0 saturated carbocycles. The number of thioether (sulfide) groups is 1. The third kappa shape index (κ3) is 5.07. The second kappa shape index (κ2) is 9.65. The maximum absolute atomic E-state index is 11.3. The van der Waals surface area contributed by atoms with Crippen molar-refractivity contribution in [3.8, 4) is 17.2 Å². The quantitative estimate of drug-likeness (QED) is 0.477. The van der Waals surface area contributed by atoms with Crippen LogP contribution in [0.3, 0.4) is 0 Å². The number of benzene rings is 1. The number of carbonyl (C=O) groups is 1. The van der Waals surface area contributed by atoms with Crippen LogP contribution in [0.2, 0.25) is 0 Å². The van der Waals surface area contributed by atoms with Crippen molar-refractivity contribution < 1.29 is 14.3 Å². The van der Waals surface area contributed by atoms with Gasteiger partial charge in [0.1, 0.15) is 22.3 Å². The van der Waals surface area contributed by atoms with Crippen molar-refractivity contribution in [3.05, 3.63) is 47.9 Å². The molecule has 32 heavy (non-hydrogen) atoms. The highest BCUT2D eigenvalue weighted by atomic mass is 32.2. The Hall–Kier alpha value is -3.00. The standard InChI is InChI=1S/C24H28N4O3S/c1-4-16(5-2)31-21-10-18(30-17-7-6-14(3)26-12-17)8-15-9-20(28-23(15)21)24-27-13-19(32-24)11-22(25)29/h6-10,12,16,19,28H,4-5,11,13H2,1-3H3,(H2,25,29). The van der Waals surface area contributed by atoms with Crippen LogP contribution >= 0.6 is 11.8 Å². The summed E-state index contributed by atoms with van der Waals surface area (Å²) in [6.45, 7) is 6.76. The molecule has 1 aliphatic heterocycles. The number of aryl methyl sites for hydroxylation is 1. The minimum Gasteiger partial charge on any atom is -0.488 e. The van der Waals surface area contributed by atoms with E-state index in [4.69, 9.17) is 15.2 Å². The smallest absolute Gasteiger partial charge is 0.218 e. The van der Waals surface area contributed by atoms with Gasteiger partial charge in [0, 0.05) is 28.8 Å². The number of H-pyrrole nitrogens is 1. The van der Waals surface area contributed by atoms with Crippen molar-refractivity contribution in [3.63, 3.8) is 0 Å². The van der Waals surface area contributed by atoms with Gasteiger partial charge in [-0.05, 0) is 44.0 Å². The average molecular weight is 453 g/mol. The number of nitrogens with one attached hydrogen (secondary N) is 1. The molecule has 2 aromatic heterocycles. The molecule has 3 heterocycles. The molecule has 4 rings (SSSR count). The maximum Gasteiger partial charge on any atom is 0.218 e. The van der Waals surface area contributed by atoms with E-state index in [1.165, 1.54) is 0 Å². The van der Waals surface area contributed by atoms with Crippen LogP contribution in [0.1, 0.15) is 44.5 Å². The lowest BCUT2D eigenvalue weighted by atomic mass is 10.2. The molecule has 0 aliphatic carbocycles. The Morgan fingerprint density at radius 1 is 1.25 bits per heavy atom. The molecule has 3 N–H and O–H groups in total. The third-order valence-electron chi connectivity index (χ3n) is 5.37. The SMILES string of the molecule is CCC(CC)Oc1cc(Oc2ccc(C)nc2)cc2cc(C3=NCC(CC(N)=O)S3)[nH]c12. The lowest BCUT2D eigenvalue weighted by Crippen LogP contribution is -2.18. The first-order chi connectivity index (χ1) is 15.4. The summed E-state index contributed by atoms with van der Waals surface area (Å²) in [4.78, 5) is 23.7. The monoisotopic (exact) mass is 452 g/mol. The molecule has 0 spiro atoms. The van der Waals surface area contributed by atoms with Crippen molar-refractivity contribution in [1.29, 1.82) is 0 Å². The zero-order valence-corrected chi connectivity index (χ0v) is 19.4. The highest BCUT2D eigenvalue weighted by Gasteiger charge is 2.24. The van der Waals surface area contributed by atoms with Crippen LogP contribution in [0.5, 0.6) is 17.2 Å². The van der Waals surface area contributed by atoms with E-state index in [0.717, 1.165) is 45.9 Å². The molecule has 3 aromatic rings. The van der Waals surface area contributed by atoms with Crippen LogP contribution in [-0.2, 0) is 4.79 Å². The Balaban J connectivity index is 1.67. The highest BCUT2D eigenvalue weighted by molar-refractivity contribution is 8.15. The van der Waals surface area contributed by atoms with Crippen molar-refractivity contribution in [1.82, 2.24) is 9.97 Å². The van der Waals surface area contributed by atoms with Crippen LogP contribution in [0.25, 0.3) is 10.9 Å². The fraction of sp³-hybridized carbons (Fsp3) is 0.375. The second-order valence-electron chi connectivity index (χ2n) is 7.92. The van der Waals surface area contributed by atoms with Gasteiger partial charge >= 0.3 is 0 Å². The first kappa shape index (κ1) is 22.2. The molecule has 7 nitrogen and oxygen atoms in total. The molecule has 0 saturated heterocycles. The number of aromatic nitrogens is 2. The Kier molecular flexibility index (Phi) is 6.69. The number of aliphatic imine (C=N–C) groups is 1. The lowest BCUT2D eigenvalue weighted by Gasteiger charge is -2.17. The van der Waals surface area contributed by atoms with Gasteiger partial charge in [-0.15, -0.1) is 0 Å². The van der Waals surface area contributed by atoms with E-state index < -0.39 is 0 Å². The summed E-state index contributed by atoms with van der Waals surface area (Å²) >= 11 is 1.58. The lowest BCUT2D eigenvalue weighted by molar-refractivity contribution is -0.117. The molecular formula is C24H28N4O3S. The molecular weight excluding hydrogens is 424 g/mol. The first-order valence-corrected chi connectivity index (χ1v) is 11.8. The average Bonchev–Trinajstić information content (AvgIpc) is 3.40. The number of carbonyl (C=O) groups excluding carboxylic acids is 1. The van der Waals surface area contributed by atoms with Gasteiger partial charge in [-0.25, -0.2) is 0 Å². The van der Waals surface area contributed by atoms with Gasteiger partial charge in [-0.2, -0.15) is 0 Å². The molecule has 8 heteroatoms. The van der Waals surface area contributed by atoms with E-state index in [1.807, 2.05) is 37.3 Å². The molecule has 0 radical (unpaired) electrons. The number of amides is 1. The molecule has 168 valence electrons.